The van der Waals surface area contributed by atoms with Crippen LogP contribution in [0.5, 0.6) is 5.75 Å². The van der Waals surface area contributed by atoms with E-state index in [1.807, 2.05) is 18.2 Å². The maximum atomic E-state index is 12.2. The fourth-order valence-corrected chi connectivity index (χ4v) is 4.13. The van der Waals surface area contributed by atoms with Gasteiger partial charge in [-0.25, -0.2) is 0 Å². The Balaban J connectivity index is 1.32. The first kappa shape index (κ1) is 19.5. The topological polar surface area (TPSA) is 67.4 Å². The Morgan fingerprint density at radius 3 is 3.03 bits per heavy atom. The summed E-state index contributed by atoms with van der Waals surface area (Å²) in [6.07, 6.45) is 6.00. The second kappa shape index (κ2) is 9.62. The van der Waals surface area contributed by atoms with E-state index in [1.165, 1.54) is 11.1 Å². The number of aryl methyl sites for hydroxylation is 1. The molecule has 7 heteroatoms. The zero-order valence-electron chi connectivity index (χ0n) is 16.2. The molecular formula is C22H24N4O2S. The molecule has 29 heavy (non-hydrogen) atoms. The van der Waals surface area contributed by atoms with Crippen molar-refractivity contribution in [3.8, 4) is 5.75 Å². The van der Waals surface area contributed by atoms with Crippen molar-refractivity contribution in [2.24, 2.45) is 0 Å². The normalized spacial score (nSPS) is 16.5. The van der Waals surface area contributed by atoms with Crippen molar-refractivity contribution in [1.82, 2.24) is 20.2 Å². The molecule has 0 saturated heterocycles. The van der Waals surface area contributed by atoms with Crippen LogP contribution < -0.4 is 10.1 Å². The molecule has 0 radical (unpaired) electrons. The number of para-hydroxylation sites is 1. The van der Waals surface area contributed by atoms with Crippen LogP contribution in [-0.2, 0) is 17.8 Å². The van der Waals surface area contributed by atoms with Crippen LogP contribution in [0, 0.1) is 0 Å². The van der Waals surface area contributed by atoms with Gasteiger partial charge in [0.25, 0.3) is 0 Å². The quantitative estimate of drug-likeness (QED) is 0.650. The van der Waals surface area contributed by atoms with Crippen molar-refractivity contribution in [1.29, 1.82) is 0 Å². The molecule has 0 saturated carbocycles. The van der Waals surface area contributed by atoms with Gasteiger partial charge in [-0.3, -0.25) is 19.7 Å². The molecule has 150 valence electrons. The van der Waals surface area contributed by atoms with Crippen molar-refractivity contribution in [3.05, 3.63) is 76.5 Å². The van der Waals surface area contributed by atoms with E-state index in [1.54, 1.807) is 29.9 Å². The summed E-state index contributed by atoms with van der Waals surface area (Å²) >= 11 is 1.68. The van der Waals surface area contributed by atoms with Crippen LogP contribution in [0.2, 0.25) is 0 Å². The lowest BCUT2D eigenvalue weighted by Gasteiger charge is -2.23. The minimum absolute atomic E-state index is 0.00254. The molecule has 0 spiro atoms. The summed E-state index contributed by atoms with van der Waals surface area (Å²) in [7, 11) is 0. The molecule has 0 fully saturated rings. The highest BCUT2D eigenvalue weighted by Gasteiger charge is 2.24. The Morgan fingerprint density at radius 1 is 1.28 bits per heavy atom. The van der Waals surface area contributed by atoms with E-state index in [4.69, 9.17) is 4.74 Å². The SMILES string of the molecule is O=C(CCc1cnccn1)NCCN1Cc2ccccc2OC(c2ccsc2)C1. The second-order valence-corrected chi connectivity index (χ2v) is 7.83. The number of hydrogen-bond acceptors (Lipinski definition) is 6. The fraction of sp³-hybridized carbons (Fsp3) is 0.318. The Hall–Kier alpha value is -2.77. The number of aromatic nitrogens is 2. The van der Waals surface area contributed by atoms with E-state index in [-0.39, 0.29) is 12.0 Å². The number of benzene rings is 1. The van der Waals surface area contributed by atoms with Crippen LogP contribution in [0.3, 0.4) is 0 Å². The third-order valence-corrected chi connectivity index (χ3v) is 5.65. The lowest BCUT2D eigenvalue weighted by molar-refractivity contribution is -0.121. The molecule has 3 heterocycles. The maximum Gasteiger partial charge on any atom is 0.220 e. The number of nitrogens with one attached hydrogen (secondary N) is 1. The molecular weight excluding hydrogens is 384 g/mol. The number of carbonyl (C=O) groups is 1. The molecule has 1 aliphatic rings. The number of ether oxygens (including phenoxy) is 1. The average molecular weight is 409 g/mol. The molecule has 1 unspecified atom stereocenters. The van der Waals surface area contributed by atoms with E-state index in [9.17, 15) is 4.79 Å². The third-order valence-electron chi connectivity index (χ3n) is 4.95. The summed E-state index contributed by atoms with van der Waals surface area (Å²) in [6, 6.07) is 10.3. The number of carbonyl (C=O) groups excluding carboxylic acids is 1. The summed E-state index contributed by atoms with van der Waals surface area (Å²) in [6.45, 7) is 2.99. The predicted molar refractivity (Wildman–Crippen MR) is 113 cm³/mol. The molecule has 1 atom stereocenters. The molecule has 1 amide bonds. The number of hydrogen-bond donors (Lipinski definition) is 1. The first-order valence-corrected chi connectivity index (χ1v) is 10.7. The Morgan fingerprint density at radius 2 is 2.21 bits per heavy atom. The minimum atomic E-state index is -0.00254. The Kier molecular flexibility index (Phi) is 6.49. The number of rotatable bonds is 7. The van der Waals surface area contributed by atoms with Gasteiger partial charge < -0.3 is 10.1 Å². The first-order valence-electron chi connectivity index (χ1n) is 9.78. The summed E-state index contributed by atoms with van der Waals surface area (Å²) in [5.41, 5.74) is 3.21. The largest absolute Gasteiger partial charge is 0.484 e. The Labute approximate surface area is 174 Å². The highest BCUT2D eigenvalue weighted by Crippen LogP contribution is 2.31. The monoisotopic (exact) mass is 408 g/mol. The van der Waals surface area contributed by atoms with Gasteiger partial charge in [-0.2, -0.15) is 11.3 Å². The number of thiophene rings is 1. The molecule has 0 aliphatic carbocycles. The standard InChI is InChI=1S/C22H24N4O2S/c27-22(6-5-19-13-23-8-9-24-19)25-10-11-26-14-17-3-1-2-4-20(17)28-21(15-26)18-7-12-29-16-18/h1-4,7-9,12-13,16,21H,5-6,10-11,14-15H2,(H,25,27). The van der Waals surface area contributed by atoms with Gasteiger partial charge in [0, 0.05) is 62.3 Å². The van der Waals surface area contributed by atoms with Gasteiger partial charge >= 0.3 is 0 Å². The lowest BCUT2D eigenvalue weighted by atomic mass is 10.2. The highest BCUT2D eigenvalue weighted by atomic mass is 32.1. The molecule has 1 N–H and O–H groups in total. The number of amides is 1. The van der Waals surface area contributed by atoms with Gasteiger partial charge in [0.15, 0.2) is 0 Å². The van der Waals surface area contributed by atoms with Crippen molar-refractivity contribution in [2.75, 3.05) is 19.6 Å². The minimum Gasteiger partial charge on any atom is -0.484 e. The molecule has 4 rings (SSSR count). The fourth-order valence-electron chi connectivity index (χ4n) is 3.42. The molecule has 1 aliphatic heterocycles. The molecule has 2 aromatic heterocycles. The summed E-state index contributed by atoms with van der Waals surface area (Å²) < 4.78 is 6.31. The lowest BCUT2D eigenvalue weighted by Crippen LogP contribution is -2.36. The van der Waals surface area contributed by atoms with Crippen LogP contribution in [0.4, 0.5) is 0 Å². The smallest absolute Gasteiger partial charge is 0.220 e. The van der Waals surface area contributed by atoms with Gasteiger partial charge in [-0.1, -0.05) is 18.2 Å². The molecule has 0 bridgehead atoms. The highest BCUT2D eigenvalue weighted by molar-refractivity contribution is 7.07. The number of nitrogens with zero attached hydrogens (tertiary/aromatic N) is 3. The van der Waals surface area contributed by atoms with Crippen molar-refractivity contribution < 1.29 is 9.53 Å². The van der Waals surface area contributed by atoms with Gasteiger partial charge in [0.1, 0.15) is 11.9 Å². The molecule has 3 aromatic rings. The van der Waals surface area contributed by atoms with Crippen LogP contribution in [0.15, 0.2) is 59.7 Å². The van der Waals surface area contributed by atoms with Crippen molar-refractivity contribution >= 4 is 17.2 Å². The van der Waals surface area contributed by atoms with E-state index < -0.39 is 0 Å². The maximum absolute atomic E-state index is 12.2. The van der Waals surface area contributed by atoms with Gasteiger partial charge in [-0.05, 0) is 29.3 Å². The molecule has 1 aromatic carbocycles. The summed E-state index contributed by atoms with van der Waals surface area (Å²) in [5, 5.41) is 7.25. The average Bonchev–Trinajstić information content (AvgIpc) is 3.22. The predicted octanol–water partition coefficient (Wildman–Crippen LogP) is 3.22. The Bertz CT molecular complexity index is 918. The summed E-state index contributed by atoms with van der Waals surface area (Å²) in [4.78, 5) is 22.8. The van der Waals surface area contributed by atoms with Gasteiger partial charge in [0.2, 0.25) is 5.91 Å². The van der Waals surface area contributed by atoms with Gasteiger partial charge in [0.05, 0.1) is 5.69 Å². The van der Waals surface area contributed by atoms with E-state index in [0.29, 0.717) is 19.4 Å². The van der Waals surface area contributed by atoms with Crippen LogP contribution in [0.25, 0.3) is 0 Å². The third kappa shape index (κ3) is 5.40. The van der Waals surface area contributed by atoms with Gasteiger partial charge in [-0.15, -0.1) is 0 Å². The van der Waals surface area contributed by atoms with Crippen LogP contribution in [-0.4, -0.2) is 40.4 Å². The van der Waals surface area contributed by atoms with Crippen molar-refractivity contribution in [3.63, 3.8) is 0 Å². The zero-order valence-corrected chi connectivity index (χ0v) is 17.0. The number of fused-ring (bicyclic) bond motifs is 1. The van der Waals surface area contributed by atoms with E-state index >= 15 is 0 Å². The van der Waals surface area contributed by atoms with E-state index in [2.05, 4.69) is 43.1 Å². The molecule has 6 nitrogen and oxygen atoms in total. The van der Waals surface area contributed by atoms with Crippen LogP contribution in [0.1, 0.15) is 29.3 Å². The first-order chi connectivity index (χ1) is 14.3. The van der Waals surface area contributed by atoms with Crippen LogP contribution >= 0.6 is 11.3 Å². The zero-order chi connectivity index (χ0) is 19.9. The second-order valence-electron chi connectivity index (χ2n) is 7.05. The summed E-state index contributed by atoms with van der Waals surface area (Å²) in [5.74, 6) is 0.982. The van der Waals surface area contributed by atoms with E-state index in [0.717, 1.165) is 31.1 Å². The van der Waals surface area contributed by atoms with Crippen molar-refractivity contribution in [2.45, 2.75) is 25.5 Å².